The molecular weight excluding hydrogens is 626 g/mol. The topological polar surface area (TPSA) is 199 Å². The van der Waals surface area contributed by atoms with Gasteiger partial charge in [0.25, 0.3) is 0 Å². The van der Waals surface area contributed by atoms with Crippen molar-refractivity contribution in [1.29, 1.82) is 0 Å². The maximum Gasteiger partial charge on any atom is 0.439 e. The van der Waals surface area contributed by atoms with Crippen LogP contribution < -0.4 is 26.6 Å². The first-order valence-corrected chi connectivity index (χ1v) is 14.8. The molecule has 3 rings (SSSR count). The van der Waals surface area contributed by atoms with Crippen LogP contribution in [-0.4, -0.2) is 74.7 Å². The maximum absolute atomic E-state index is 12.9. The van der Waals surface area contributed by atoms with Crippen molar-refractivity contribution in [2.45, 2.75) is 25.7 Å². The van der Waals surface area contributed by atoms with Gasteiger partial charge in [-0.25, -0.2) is 9.59 Å². The smallest absolute Gasteiger partial charge is 0.439 e. The van der Waals surface area contributed by atoms with E-state index in [-0.39, 0.29) is 33.0 Å². The number of rotatable bonds is 19. The fourth-order valence-corrected chi connectivity index (χ4v) is 3.85. The molecule has 3 aromatic carbocycles. The number of nitrogens with one attached hydrogen (secondary N) is 5. The van der Waals surface area contributed by atoms with E-state index < -0.39 is 61.4 Å². The SMILES string of the molecule is O=C(CNC(=O)OOCc1ccccc1)NCC(=O)NC(Cc1ccccc1)C(=O)NCC(=O)NCOCC(=O)OCc1ccccc1. The van der Waals surface area contributed by atoms with Gasteiger partial charge < -0.3 is 36.1 Å². The Kier molecular flexibility index (Phi) is 16.1. The third kappa shape index (κ3) is 15.5. The molecule has 0 bridgehead atoms. The van der Waals surface area contributed by atoms with Crippen molar-refractivity contribution in [2.24, 2.45) is 0 Å². The van der Waals surface area contributed by atoms with Crippen LogP contribution in [0.2, 0.25) is 0 Å². The molecule has 0 aromatic heterocycles. The Morgan fingerprint density at radius 2 is 1.12 bits per heavy atom. The van der Waals surface area contributed by atoms with E-state index >= 15 is 0 Å². The Hall–Kier alpha value is -5.80. The zero-order valence-electron chi connectivity index (χ0n) is 26.0. The predicted octanol–water partition coefficient (Wildman–Crippen LogP) is 0.638. The molecule has 5 amide bonds. The van der Waals surface area contributed by atoms with Crippen LogP contribution in [0.1, 0.15) is 16.7 Å². The molecule has 0 saturated heterocycles. The van der Waals surface area contributed by atoms with Gasteiger partial charge in [0, 0.05) is 6.42 Å². The largest absolute Gasteiger partial charge is 0.459 e. The van der Waals surface area contributed by atoms with E-state index in [9.17, 15) is 28.8 Å². The predicted molar refractivity (Wildman–Crippen MR) is 169 cm³/mol. The van der Waals surface area contributed by atoms with Crippen LogP contribution in [0.5, 0.6) is 0 Å². The zero-order chi connectivity index (χ0) is 34.4. The van der Waals surface area contributed by atoms with Gasteiger partial charge in [-0.05, 0) is 16.7 Å². The number of amides is 5. The van der Waals surface area contributed by atoms with E-state index in [1.807, 2.05) is 36.4 Å². The number of carbonyl (C=O) groups is 6. The molecule has 1 unspecified atom stereocenters. The Bertz CT molecular complexity index is 1480. The molecule has 0 aliphatic rings. The quantitative estimate of drug-likeness (QED) is 0.0399. The molecule has 0 heterocycles. The van der Waals surface area contributed by atoms with E-state index in [1.54, 1.807) is 54.6 Å². The van der Waals surface area contributed by atoms with Crippen molar-refractivity contribution in [3.63, 3.8) is 0 Å². The first-order chi connectivity index (χ1) is 23.3. The maximum atomic E-state index is 12.9. The Balaban J connectivity index is 1.34. The van der Waals surface area contributed by atoms with E-state index in [2.05, 4.69) is 31.5 Å². The van der Waals surface area contributed by atoms with Gasteiger partial charge in [0.05, 0.1) is 13.1 Å². The minimum atomic E-state index is -1.09. The molecule has 15 nitrogen and oxygen atoms in total. The molecule has 0 saturated carbocycles. The van der Waals surface area contributed by atoms with E-state index in [4.69, 9.17) is 14.4 Å². The number of benzene rings is 3. The van der Waals surface area contributed by atoms with Gasteiger partial charge >= 0.3 is 12.1 Å². The first kappa shape index (κ1) is 36.7. The highest BCUT2D eigenvalue weighted by Gasteiger charge is 2.22. The Labute approximate surface area is 276 Å². The van der Waals surface area contributed by atoms with Gasteiger partial charge in [0.2, 0.25) is 23.6 Å². The van der Waals surface area contributed by atoms with Crippen LogP contribution in [0.3, 0.4) is 0 Å². The summed E-state index contributed by atoms with van der Waals surface area (Å²) in [6.07, 6.45) is -0.902. The van der Waals surface area contributed by atoms with Gasteiger partial charge in [0.15, 0.2) is 0 Å². The molecule has 48 heavy (non-hydrogen) atoms. The van der Waals surface area contributed by atoms with Crippen LogP contribution >= 0.6 is 0 Å². The lowest BCUT2D eigenvalue weighted by molar-refractivity contribution is -0.248. The Morgan fingerprint density at radius 3 is 1.77 bits per heavy atom. The summed E-state index contributed by atoms with van der Waals surface area (Å²) in [4.78, 5) is 82.8. The third-order valence-electron chi connectivity index (χ3n) is 6.23. The Morgan fingerprint density at radius 1 is 0.583 bits per heavy atom. The van der Waals surface area contributed by atoms with Crippen LogP contribution in [0.4, 0.5) is 4.79 Å². The van der Waals surface area contributed by atoms with Gasteiger partial charge in [-0.2, -0.15) is 4.89 Å². The number of esters is 1. The standard InChI is InChI=1S/C33H37N5O10/c39-28(18-36-33(44)48-47-21-26-14-8-3-9-15-26)34-19-30(41)38-27(16-24-10-4-1-5-11-24)32(43)35-17-29(40)37-23-45-22-31(42)46-20-25-12-6-2-7-13-25/h1-15,27H,16-23H2,(H,34,39)(H,35,43)(H,36,44)(H,37,40)(H,38,41). The number of hydrogen-bond donors (Lipinski definition) is 5. The van der Waals surface area contributed by atoms with E-state index in [1.165, 1.54) is 0 Å². The summed E-state index contributed by atoms with van der Waals surface area (Å²) >= 11 is 0. The highest BCUT2D eigenvalue weighted by Crippen LogP contribution is 2.04. The second-order valence-electron chi connectivity index (χ2n) is 10.0. The van der Waals surface area contributed by atoms with Crippen LogP contribution in [0, 0.1) is 0 Å². The summed E-state index contributed by atoms with van der Waals surface area (Å²) in [6.45, 7) is -2.00. The molecular formula is C33H37N5O10. The lowest BCUT2D eigenvalue weighted by Gasteiger charge is -2.19. The molecule has 1 atom stereocenters. The van der Waals surface area contributed by atoms with Gasteiger partial charge in [-0.1, -0.05) is 91.0 Å². The average Bonchev–Trinajstić information content (AvgIpc) is 3.10. The molecule has 0 aliphatic heterocycles. The second kappa shape index (κ2) is 21.1. The summed E-state index contributed by atoms with van der Waals surface area (Å²) in [7, 11) is 0. The van der Waals surface area contributed by atoms with Crippen LogP contribution in [0.25, 0.3) is 0 Å². The number of carbonyl (C=O) groups excluding carboxylic acids is 6. The minimum absolute atomic E-state index is 0.0192. The van der Waals surface area contributed by atoms with Gasteiger partial charge in [0.1, 0.15) is 39.1 Å². The van der Waals surface area contributed by atoms with Crippen molar-refractivity contribution in [3.8, 4) is 0 Å². The molecule has 0 radical (unpaired) electrons. The van der Waals surface area contributed by atoms with E-state index in [0.717, 1.165) is 16.7 Å². The van der Waals surface area contributed by atoms with Crippen molar-refractivity contribution in [2.75, 3.05) is 33.0 Å². The lowest BCUT2D eigenvalue weighted by Crippen LogP contribution is -2.52. The lowest BCUT2D eigenvalue weighted by atomic mass is 10.1. The molecule has 254 valence electrons. The molecule has 15 heteroatoms. The summed E-state index contributed by atoms with van der Waals surface area (Å²) in [5, 5.41) is 11.9. The third-order valence-corrected chi connectivity index (χ3v) is 6.23. The highest BCUT2D eigenvalue weighted by molar-refractivity contribution is 5.92. The molecule has 5 N–H and O–H groups in total. The van der Waals surface area contributed by atoms with Gasteiger partial charge in [-0.3, -0.25) is 24.1 Å². The summed E-state index contributed by atoms with van der Waals surface area (Å²) in [6, 6.07) is 25.8. The highest BCUT2D eigenvalue weighted by atomic mass is 17.2. The minimum Gasteiger partial charge on any atom is -0.459 e. The summed E-state index contributed by atoms with van der Waals surface area (Å²) in [5.41, 5.74) is 2.33. The van der Waals surface area contributed by atoms with E-state index in [0.29, 0.717) is 0 Å². The van der Waals surface area contributed by atoms with Crippen molar-refractivity contribution in [3.05, 3.63) is 108 Å². The van der Waals surface area contributed by atoms with Gasteiger partial charge in [-0.15, -0.1) is 0 Å². The second-order valence-corrected chi connectivity index (χ2v) is 10.0. The fraction of sp³-hybridized carbons (Fsp3) is 0.273. The molecule has 0 fully saturated rings. The molecule has 3 aromatic rings. The monoisotopic (exact) mass is 663 g/mol. The van der Waals surface area contributed by atoms with Crippen LogP contribution in [0.15, 0.2) is 91.0 Å². The summed E-state index contributed by atoms with van der Waals surface area (Å²) in [5.74, 6) is -3.25. The fourth-order valence-electron chi connectivity index (χ4n) is 3.85. The van der Waals surface area contributed by atoms with Crippen LogP contribution in [-0.2, 0) is 62.9 Å². The van der Waals surface area contributed by atoms with Crippen molar-refractivity contribution < 1.29 is 48.0 Å². The normalized spacial score (nSPS) is 10.9. The van der Waals surface area contributed by atoms with Crippen molar-refractivity contribution in [1.82, 2.24) is 26.6 Å². The number of hydrogen-bond acceptors (Lipinski definition) is 10. The summed E-state index contributed by atoms with van der Waals surface area (Å²) < 4.78 is 10.2. The van der Waals surface area contributed by atoms with Crippen molar-refractivity contribution >= 4 is 35.7 Å². The zero-order valence-corrected chi connectivity index (χ0v) is 26.0. The molecule has 0 aliphatic carbocycles. The number of ether oxygens (including phenoxy) is 2. The first-order valence-electron chi connectivity index (χ1n) is 14.8. The molecule has 0 spiro atoms. The average molecular weight is 664 g/mol.